The van der Waals surface area contributed by atoms with Gasteiger partial charge in [-0.2, -0.15) is 0 Å². The number of carboxylic acid groups (broad SMARTS) is 1. The predicted octanol–water partition coefficient (Wildman–Crippen LogP) is 4.24. The highest BCUT2D eigenvalue weighted by Crippen LogP contribution is 2.37. The molecule has 0 heterocycles. The second-order valence-electron chi connectivity index (χ2n) is 5.41. The van der Waals surface area contributed by atoms with Gasteiger partial charge in [-0.3, -0.25) is 0 Å². The SMILES string of the molecule is Cc1c(O)c(C(=O)O)cc2cccc(SOONc3ccccc3O)c12. The van der Waals surface area contributed by atoms with Crippen LogP contribution in [0, 0.1) is 6.92 Å². The normalized spacial score (nSPS) is 10.8. The number of aromatic hydroxyl groups is 2. The van der Waals surface area contributed by atoms with Gasteiger partial charge in [-0.05, 0) is 36.6 Å². The minimum absolute atomic E-state index is 0.00762. The quantitative estimate of drug-likeness (QED) is 0.167. The summed E-state index contributed by atoms with van der Waals surface area (Å²) in [6, 6.07) is 13.1. The fourth-order valence-electron chi connectivity index (χ4n) is 2.52. The standard InChI is InChI=1S/C18H15NO6S/c1-10-16-11(9-12(17(10)21)18(22)23)5-4-8-15(16)26-25-24-19-13-6-2-3-7-14(13)20/h2-9,19-21H,1H3,(H,22,23). The Hall–Kier alpha value is -2.94. The van der Waals surface area contributed by atoms with Gasteiger partial charge in [-0.1, -0.05) is 24.3 Å². The van der Waals surface area contributed by atoms with Crippen LogP contribution in [0.3, 0.4) is 0 Å². The molecule has 0 aliphatic rings. The molecule has 26 heavy (non-hydrogen) atoms. The van der Waals surface area contributed by atoms with E-state index in [1.807, 2.05) is 0 Å². The van der Waals surface area contributed by atoms with E-state index in [1.54, 1.807) is 43.3 Å². The van der Waals surface area contributed by atoms with Crippen molar-refractivity contribution in [2.45, 2.75) is 11.8 Å². The summed E-state index contributed by atoms with van der Waals surface area (Å²) in [5, 5.41) is 30.3. The van der Waals surface area contributed by atoms with E-state index in [-0.39, 0.29) is 17.1 Å². The molecular formula is C18H15NO6S. The first-order valence-corrected chi connectivity index (χ1v) is 8.26. The highest BCUT2D eigenvalue weighted by Gasteiger charge is 2.17. The van der Waals surface area contributed by atoms with Gasteiger partial charge in [0.1, 0.15) is 22.7 Å². The van der Waals surface area contributed by atoms with Crippen LogP contribution in [0.1, 0.15) is 15.9 Å². The number of benzene rings is 3. The monoisotopic (exact) mass is 373 g/mol. The summed E-state index contributed by atoms with van der Waals surface area (Å²) in [6.45, 7) is 1.63. The molecule has 134 valence electrons. The van der Waals surface area contributed by atoms with Crippen molar-refractivity contribution in [1.82, 2.24) is 0 Å². The third-order valence-electron chi connectivity index (χ3n) is 3.79. The Morgan fingerprint density at radius 1 is 1.12 bits per heavy atom. The van der Waals surface area contributed by atoms with E-state index in [1.165, 1.54) is 12.1 Å². The van der Waals surface area contributed by atoms with Gasteiger partial charge in [0.05, 0.1) is 12.0 Å². The molecule has 4 N–H and O–H groups in total. The molecule has 8 heteroatoms. The predicted molar refractivity (Wildman–Crippen MR) is 97.1 cm³/mol. The van der Waals surface area contributed by atoms with Crippen molar-refractivity contribution in [3.05, 3.63) is 59.7 Å². The van der Waals surface area contributed by atoms with Crippen LogP contribution < -0.4 is 5.48 Å². The van der Waals surface area contributed by atoms with Gasteiger partial charge in [0.2, 0.25) is 0 Å². The van der Waals surface area contributed by atoms with Gasteiger partial charge < -0.3 is 15.3 Å². The van der Waals surface area contributed by atoms with Crippen LogP contribution >= 0.6 is 12.0 Å². The van der Waals surface area contributed by atoms with Gasteiger partial charge in [-0.15, -0.1) is 9.32 Å². The summed E-state index contributed by atoms with van der Waals surface area (Å²) >= 11 is 0.887. The van der Waals surface area contributed by atoms with Crippen LogP contribution in [0.4, 0.5) is 5.69 Å². The average Bonchev–Trinajstić information content (AvgIpc) is 2.62. The number of aromatic carboxylic acids is 1. The molecule has 0 bridgehead atoms. The number of anilines is 1. The Morgan fingerprint density at radius 3 is 2.62 bits per heavy atom. The van der Waals surface area contributed by atoms with Crippen molar-refractivity contribution in [1.29, 1.82) is 0 Å². The Balaban J connectivity index is 1.79. The molecule has 0 unspecified atom stereocenters. The van der Waals surface area contributed by atoms with E-state index in [4.69, 9.17) is 9.32 Å². The van der Waals surface area contributed by atoms with Crippen LogP contribution in [0.15, 0.2) is 53.4 Å². The number of aryl methyl sites for hydroxylation is 1. The van der Waals surface area contributed by atoms with Gasteiger partial charge in [0, 0.05) is 15.8 Å². The maximum atomic E-state index is 11.2. The first-order chi connectivity index (χ1) is 12.5. The average molecular weight is 373 g/mol. The first kappa shape index (κ1) is 17.9. The summed E-state index contributed by atoms with van der Waals surface area (Å²) in [7, 11) is 0. The molecule has 3 aromatic rings. The molecule has 0 aliphatic heterocycles. The summed E-state index contributed by atoms with van der Waals surface area (Å²) < 4.78 is 5.06. The topological polar surface area (TPSA) is 108 Å². The molecule has 3 aromatic carbocycles. The number of para-hydroxylation sites is 2. The fourth-order valence-corrected chi connectivity index (χ4v) is 3.15. The molecule has 0 saturated carbocycles. The molecule has 0 spiro atoms. The highest BCUT2D eigenvalue weighted by atomic mass is 32.2. The number of rotatable bonds is 6. The lowest BCUT2D eigenvalue weighted by molar-refractivity contribution is -0.161. The van der Waals surface area contributed by atoms with Crippen LogP contribution in [0.2, 0.25) is 0 Å². The van der Waals surface area contributed by atoms with Crippen molar-refractivity contribution in [3.8, 4) is 11.5 Å². The number of nitrogens with one attached hydrogen (secondary N) is 1. The van der Waals surface area contributed by atoms with Gasteiger partial charge in [0.25, 0.3) is 0 Å². The number of hydrogen-bond donors (Lipinski definition) is 4. The van der Waals surface area contributed by atoms with Crippen LogP contribution in [-0.2, 0) is 9.32 Å². The number of fused-ring (bicyclic) bond motifs is 1. The molecular weight excluding hydrogens is 358 g/mol. The number of carbonyl (C=O) groups is 1. The highest BCUT2D eigenvalue weighted by molar-refractivity contribution is 7.94. The Kier molecular flexibility index (Phi) is 5.17. The van der Waals surface area contributed by atoms with E-state index in [0.29, 0.717) is 26.9 Å². The lowest BCUT2D eigenvalue weighted by atomic mass is 10.0. The number of hydrogen-bond acceptors (Lipinski definition) is 7. The lowest BCUT2D eigenvalue weighted by Crippen LogP contribution is -2.00. The van der Waals surface area contributed by atoms with E-state index in [9.17, 15) is 20.1 Å². The van der Waals surface area contributed by atoms with Crippen molar-refractivity contribution >= 4 is 34.5 Å². The van der Waals surface area contributed by atoms with E-state index < -0.39 is 5.97 Å². The maximum absolute atomic E-state index is 11.2. The zero-order valence-electron chi connectivity index (χ0n) is 13.6. The zero-order valence-corrected chi connectivity index (χ0v) is 14.4. The molecule has 0 aliphatic carbocycles. The zero-order chi connectivity index (χ0) is 18.7. The van der Waals surface area contributed by atoms with E-state index >= 15 is 0 Å². The minimum atomic E-state index is -1.20. The molecule has 0 amide bonds. The second kappa shape index (κ2) is 7.52. The van der Waals surface area contributed by atoms with Crippen molar-refractivity contribution in [3.63, 3.8) is 0 Å². The summed E-state index contributed by atoms with van der Waals surface area (Å²) in [6.07, 6.45) is 0. The van der Waals surface area contributed by atoms with Crippen LogP contribution in [-0.4, -0.2) is 21.3 Å². The molecule has 0 fully saturated rings. The molecule has 0 atom stereocenters. The number of phenolic OH excluding ortho intramolecular Hbond substituents is 1. The molecule has 3 rings (SSSR count). The summed E-state index contributed by atoms with van der Waals surface area (Å²) in [4.78, 5) is 16.7. The Morgan fingerprint density at radius 2 is 1.88 bits per heavy atom. The smallest absolute Gasteiger partial charge is 0.339 e. The largest absolute Gasteiger partial charge is 0.507 e. The van der Waals surface area contributed by atoms with E-state index in [2.05, 4.69) is 5.48 Å². The second-order valence-corrected chi connectivity index (χ2v) is 6.15. The van der Waals surface area contributed by atoms with Crippen molar-refractivity contribution in [2.24, 2.45) is 0 Å². The minimum Gasteiger partial charge on any atom is -0.507 e. The van der Waals surface area contributed by atoms with Gasteiger partial charge >= 0.3 is 5.97 Å². The van der Waals surface area contributed by atoms with Gasteiger partial charge in [-0.25, -0.2) is 10.3 Å². The number of phenols is 2. The van der Waals surface area contributed by atoms with Gasteiger partial charge in [0.15, 0.2) is 0 Å². The fraction of sp³-hybridized carbons (Fsp3) is 0.0556. The summed E-state index contributed by atoms with van der Waals surface area (Å²) in [5.41, 5.74) is 3.07. The third-order valence-corrected chi connectivity index (χ3v) is 4.44. The maximum Gasteiger partial charge on any atom is 0.339 e. The Bertz CT molecular complexity index is 975. The summed E-state index contributed by atoms with van der Waals surface area (Å²) in [5.74, 6) is -1.48. The molecule has 7 nitrogen and oxygen atoms in total. The van der Waals surface area contributed by atoms with Crippen LogP contribution in [0.25, 0.3) is 10.8 Å². The molecule has 0 saturated heterocycles. The third kappa shape index (κ3) is 3.52. The number of carboxylic acids is 1. The molecule has 0 aromatic heterocycles. The first-order valence-electron chi connectivity index (χ1n) is 7.52. The lowest BCUT2D eigenvalue weighted by Gasteiger charge is -2.12. The van der Waals surface area contributed by atoms with E-state index in [0.717, 1.165) is 12.0 Å². The van der Waals surface area contributed by atoms with Crippen LogP contribution in [0.5, 0.6) is 11.5 Å². The van der Waals surface area contributed by atoms with Crippen molar-refractivity contribution < 1.29 is 29.4 Å². The molecule has 0 radical (unpaired) electrons. The Labute approximate surface area is 152 Å². The van der Waals surface area contributed by atoms with Crippen molar-refractivity contribution in [2.75, 3.05) is 5.48 Å².